The zero-order chi connectivity index (χ0) is 26.4. The number of carboxylic acids is 1. The predicted octanol–water partition coefficient (Wildman–Crippen LogP) is 4.06. The maximum atomic E-state index is 13.0. The maximum absolute atomic E-state index is 13.0. The van der Waals surface area contributed by atoms with E-state index in [1.807, 2.05) is 24.3 Å². The van der Waals surface area contributed by atoms with E-state index in [2.05, 4.69) is 15.6 Å². The number of benzene rings is 2. The summed E-state index contributed by atoms with van der Waals surface area (Å²) >= 11 is 6.18. The molecular formula is C27H25ClN4O5. The van der Waals surface area contributed by atoms with Crippen LogP contribution in [0, 0.1) is 0 Å². The number of ether oxygens (including phenoxy) is 1. The highest BCUT2D eigenvalue weighted by molar-refractivity contribution is 6.30. The van der Waals surface area contributed by atoms with Gasteiger partial charge in [0.2, 0.25) is 0 Å². The van der Waals surface area contributed by atoms with Crippen LogP contribution in [0.2, 0.25) is 5.02 Å². The van der Waals surface area contributed by atoms with E-state index in [0.717, 1.165) is 5.56 Å². The van der Waals surface area contributed by atoms with Crippen LogP contribution in [0.25, 0.3) is 16.9 Å². The number of carboxylic acid groups (broad SMARTS) is 1. The third-order valence-electron chi connectivity index (χ3n) is 5.58. The molecule has 3 N–H and O–H groups in total. The monoisotopic (exact) mass is 520 g/mol. The number of hydrogen-bond donors (Lipinski definition) is 3. The summed E-state index contributed by atoms with van der Waals surface area (Å²) in [6, 6.07) is 18.2. The summed E-state index contributed by atoms with van der Waals surface area (Å²) in [6.45, 7) is 1.90. The molecule has 9 nitrogen and oxygen atoms in total. The number of fused-ring (bicyclic) bond motifs is 1. The Balaban J connectivity index is 1.64. The van der Waals surface area contributed by atoms with Crippen LogP contribution in [0.1, 0.15) is 22.8 Å². The molecule has 2 aromatic carbocycles. The first-order chi connectivity index (χ1) is 17.9. The third kappa shape index (κ3) is 6.25. The summed E-state index contributed by atoms with van der Waals surface area (Å²) in [5.41, 5.74) is 2.69. The number of rotatable bonds is 10. The summed E-state index contributed by atoms with van der Waals surface area (Å²) in [6.07, 6.45) is 1.78. The first-order valence-electron chi connectivity index (χ1n) is 11.6. The van der Waals surface area contributed by atoms with Crippen molar-refractivity contribution in [3.8, 4) is 11.3 Å². The number of aliphatic carboxylic acids is 1. The summed E-state index contributed by atoms with van der Waals surface area (Å²) in [5.74, 6) is -1.58. The molecule has 0 spiro atoms. The fraction of sp³-hybridized carbons (Fsp3) is 0.185. The highest BCUT2D eigenvalue weighted by Gasteiger charge is 2.22. The highest BCUT2D eigenvalue weighted by Crippen LogP contribution is 2.30. The molecule has 0 saturated carbocycles. The standard InChI is InChI=1S/C27H25ClN4O5/c1-2-37-23(33)16-29-25-24(18-9-6-10-20(28)14-18)31-22-15-19(11-12-32(22)25)26(34)30-21(27(35)36)13-17-7-4-3-5-8-17/h3-12,14-15,21,29H,2,13,16H2,1H3,(H,30,34)(H,35,36). The van der Waals surface area contributed by atoms with Gasteiger partial charge in [0.1, 0.15) is 29.7 Å². The van der Waals surface area contributed by atoms with Gasteiger partial charge < -0.3 is 20.5 Å². The molecule has 1 atom stereocenters. The highest BCUT2D eigenvalue weighted by atomic mass is 35.5. The molecule has 10 heteroatoms. The topological polar surface area (TPSA) is 122 Å². The van der Waals surface area contributed by atoms with Crippen LogP contribution in [0.4, 0.5) is 5.82 Å². The molecule has 0 bridgehead atoms. The maximum Gasteiger partial charge on any atom is 0.326 e. The summed E-state index contributed by atoms with van der Waals surface area (Å²) < 4.78 is 6.71. The molecule has 0 aliphatic heterocycles. The van der Waals surface area contributed by atoms with E-state index in [9.17, 15) is 19.5 Å². The van der Waals surface area contributed by atoms with Crippen molar-refractivity contribution in [3.05, 3.63) is 89.1 Å². The number of hydrogen-bond acceptors (Lipinski definition) is 6. The van der Waals surface area contributed by atoms with Crippen LogP contribution in [-0.2, 0) is 20.7 Å². The normalized spacial score (nSPS) is 11.6. The Morgan fingerprint density at radius 3 is 2.57 bits per heavy atom. The summed E-state index contributed by atoms with van der Waals surface area (Å²) in [4.78, 5) is 41.4. The van der Waals surface area contributed by atoms with Crippen molar-refractivity contribution < 1.29 is 24.2 Å². The molecule has 2 heterocycles. The number of pyridine rings is 1. The minimum Gasteiger partial charge on any atom is -0.480 e. The lowest BCUT2D eigenvalue weighted by atomic mass is 10.1. The minimum atomic E-state index is -1.13. The minimum absolute atomic E-state index is 0.0861. The van der Waals surface area contributed by atoms with Crippen molar-refractivity contribution in [2.75, 3.05) is 18.5 Å². The van der Waals surface area contributed by atoms with Gasteiger partial charge in [-0.1, -0.05) is 54.1 Å². The van der Waals surface area contributed by atoms with Gasteiger partial charge in [0.05, 0.1) is 6.61 Å². The molecule has 2 aromatic heterocycles. The summed E-state index contributed by atoms with van der Waals surface area (Å²) in [5, 5.41) is 15.8. The third-order valence-corrected chi connectivity index (χ3v) is 5.81. The van der Waals surface area contributed by atoms with Crippen LogP contribution in [0.3, 0.4) is 0 Å². The van der Waals surface area contributed by atoms with Crippen molar-refractivity contribution >= 4 is 40.9 Å². The van der Waals surface area contributed by atoms with Crippen molar-refractivity contribution in [1.29, 1.82) is 0 Å². The summed E-state index contributed by atoms with van der Waals surface area (Å²) in [7, 11) is 0. The van der Waals surface area contributed by atoms with E-state index in [4.69, 9.17) is 16.3 Å². The number of halogens is 1. The van der Waals surface area contributed by atoms with Gasteiger partial charge in [-0.25, -0.2) is 9.78 Å². The molecule has 37 heavy (non-hydrogen) atoms. The second kappa shape index (κ2) is 11.6. The van der Waals surface area contributed by atoms with Crippen LogP contribution >= 0.6 is 11.6 Å². The molecule has 0 aliphatic carbocycles. The average Bonchev–Trinajstić information content (AvgIpc) is 3.25. The first-order valence-corrected chi connectivity index (χ1v) is 12.0. The van der Waals surface area contributed by atoms with Gasteiger partial charge in [0.15, 0.2) is 0 Å². The van der Waals surface area contributed by atoms with E-state index in [0.29, 0.717) is 27.7 Å². The Bertz CT molecular complexity index is 1440. The van der Waals surface area contributed by atoms with Gasteiger partial charge in [-0.15, -0.1) is 0 Å². The molecule has 1 unspecified atom stereocenters. The van der Waals surface area contributed by atoms with Gasteiger partial charge in [-0.2, -0.15) is 0 Å². The smallest absolute Gasteiger partial charge is 0.326 e. The first kappa shape index (κ1) is 25.7. The number of nitrogens with one attached hydrogen (secondary N) is 2. The zero-order valence-corrected chi connectivity index (χ0v) is 20.7. The molecule has 0 aliphatic rings. The Kier molecular flexibility index (Phi) is 8.05. The lowest BCUT2D eigenvalue weighted by Gasteiger charge is -2.15. The second-order valence-corrected chi connectivity index (χ2v) is 8.61. The Labute approximate surface area is 218 Å². The number of carbonyl (C=O) groups is 3. The molecule has 0 radical (unpaired) electrons. The number of nitrogens with zero attached hydrogens (tertiary/aromatic N) is 2. The number of amides is 1. The van der Waals surface area contributed by atoms with Crippen LogP contribution in [-0.4, -0.2) is 51.5 Å². The number of esters is 1. The van der Waals surface area contributed by atoms with Gasteiger partial charge in [-0.3, -0.25) is 14.0 Å². The lowest BCUT2D eigenvalue weighted by Crippen LogP contribution is -2.42. The second-order valence-electron chi connectivity index (χ2n) is 8.18. The van der Waals surface area contributed by atoms with Gasteiger partial charge >= 0.3 is 11.9 Å². The van der Waals surface area contributed by atoms with E-state index in [-0.39, 0.29) is 25.1 Å². The molecular weight excluding hydrogens is 496 g/mol. The van der Waals surface area contributed by atoms with Crippen molar-refractivity contribution in [2.24, 2.45) is 0 Å². The quantitative estimate of drug-likeness (QED) is 0.269. The molecule has 1 amide bonds. The lowest BCUT2D eigenvalue weighted by molar-refractivity contribution is -0.141. The van der Waals surface area contributed by atoms with E-state index in [1.54, 1.807) is 60.0 Å². The number of aromatic nitrogens is 2. The van der Waals surface area contributed by atoms with Crippen molar-refractivity contribution in [1.82, 2.24) is 14.7 Å². The SMILES string of the molecule is CCOC(=O)CNc1c(-c2cccc(Cl)c2)nc2cc(C(=O)NC(Cc3ccccc3)C(=O)O)ccn12. The Morgan fingerprint density at radius 1 is 1.08 bits per heavy atom. The zero-order valence-electron chi connectivity index (χ0n) is 20.0. The van der Waals surface area contributed by atoms with Crippen LogP contribution in [0.15, 0.2) is 72.9 Å². The van der Waals surface area contributed by atoms with E-state index in [1.165, 1.54) is 0 Å². The molecule has 0 fully saturated rings. The fourth-order valence-corrected chi connectivity index (χ4v) is 4.04. The fourth-order valence-electron chi connectivity index (χ4n) is 3.85. The number of anilines is 1. The molecule has 4 aromatic rings. The van der Waals surface area contributed by atoms with Crippen LogP contribution < -0.4 is 10.6 Å². The van der Waals surface area contributed by atoms with Crippen LogP contribution in [0.5, 0.6) is 0 Å². The Morgan fingerprint density at radius 2 is 1.86 bits per heavy atom. The number of imidazole rings is 1. The molecule has 0 saturated heterocycles. The van der Waals surface area contributed by atoms with E-state index < -0.39 is 23.9 Å². The molecule has 190 valence electrons. The van der Waals surface area contributed by atoms with Gasteiger partial charge in [0, 0.05) is 28.8 Å². The largest absolute Gasteiger partial charge is 0.480 e. The van der Waals surface area contributed by atoms with Crippen molar-refractivity contribution in [2.45, 2.75) is 19.4 Å². The predicted molar refractivity (Wildman–Crippen MR) is 140 cm³/mol. The number of carbonyl (C=O) groups excluding carboxylic acids is 2. The van der Waals surface area contributed by atoms with Gasteiger partial charge in [0.25, 0.3) is 5.91 Å². The molecule has 4 rings (SSSR count). The Hall–Kier alpha value is -4.37. The van der Waals surface area contributed by atoms with Crippen molar-refractivity contribution in [3.63, 3.8) is 0 Å². The van der Waals surface area contributed by atoms with Gasteiger partial charge in [-0.05, 0) is 36.8 Å². The average molecular weight is 521 g/mol. The van der Waals surface area contributed by atoms with E-state index >= 15 is 0 Å².